The average Bonchev–Trinajstić information content (AvgIpc) is 1.67. The number of aliphatic hydroxyl groups is 1. The second-order valence-electron chi connectivity index (χ2n) is 2.28. The molecule has 2 atom stereocenters. The molecule has 0 spiro atoms. The highest BCUT2D eigenvalue weighted by molar-refractivity contribution is 4.59. The van der Waals surface area contributed by atoms with Crippen LogP contribution in [0, 0.1) is 5.92 Å². The molecular weight excluding hydrogens is 102 g/mol. The lowest BCUT2D eigenvalue weighted by molar-refractivity contribution is 0.135. The molecule has 0 aliphatic rings. The summed E-state index contributed by atoms with van der Waals surface area (Å²) in [6.45, 7) is 4.71. The summed E-state index contributed by atoms with van der Waals surface area (Å²) in [5.74, 6) is 0.361. The number of hydrogen-bond acceptors (Lipinski definition) is 2. The SMILES string of the molecule is CNCC(C)[C@H](C)O. The highest BCUT2D eigenvalue weighted by atomic mass is 16.3. The first kappa shape index (κ1) is 7.92. The van der Waals surface area contributed by atoms with Crippen molar-refractivity contribution in [1.29, 1.82) is 0 Å². The van der Waals surface area contributed by atoms with E-state index < -0.39 is 0 Å². The fraction of sp³-hybridized carbons (Fsp3) is 1.00. The maximum Gasteiger partial charge on any atom is 0.0549 e. The molecule has 2 N–H and O–H groups in total. The van der Waals surface area contributed by atoms with Crippen LogP contribution in [0.1, 0.15) is 13.8 Å². The summed E-state index contributed by atoms with van der Waals surface area (Å²) in [4.78, 5) is 0. The Morgan fingerprint density at radius 2 is 2.00 bits per heavy atom. The summed E-state index contributed by atoms with van der Waals surface area (Å²) < 4.78 is 0. The van der Waals surface area contributed by atoms with E-state index in [1.54, 1.807) is 0 Å². The summed E-state index contributed by atoms with van der Waals surface area (Å²) in [6.07, 6.45) is -0.192. The summed E-state index contributed by atoms with van der Waals surface area (Å²) in [5, 5.41) is 11.9. The molecule has 50 valence electrons. The molecular formula is C6H15NO. The molecule has 2 heteroatoms. The number of rotatable bonds is 3. The van der Waals surface area contributed by atoms with Crippen molar-refractivity contribution >= 4 is 0 Å². The van der Waals surface area contributed by atoms with Gasteiger partial charge in [-0.25, -0.2) is 0 Å². The van der Waals surface area contributed by atoms with Crippen molar-refractivity contribution in [2.45, 2.75) is 20.0 Å². The van der Waals surface area contributed by atoms with E-state index in [1.165, 1.54) is 0 Å². The van der Waals surface area contributed by atoms with Gasteiger partial charge in [0.25, 0.3) is 0 Å². The molecule has 0 aromatic carbocycles. The monoisotopic (exact) mass is 117 g/mol. The van der Waals surface area contributed by atoms with Crippen molar-refractivity contribution in [3.8, 4) is 0 Å². The Balaban J connectivity index is 3.17. The number of hydrogen-bond donors (Lipinski definition) is 2. The number of aliphatic hydroxyl groups excluding tert-OH is 1. The fourth-order valence-electron chi connectivity index (χ4n) is 0.493. The van der Waals surface area contributed by atoms with Crippen LogP contribution < -0.4 is 5.32 Å². The number of nitrogens with one attached hydrogen (secondary N) is 1. The van der Waals surface area contributed by atoms with Crippen LogP contribution in [0.2, 0.25) is 0 Å². The summed E-state index contributed by atoms with van der Waals surface area (Å²) in [7, 11) is 1.89. The van der Waals surface area contributed by atoms with Gasteiger partial charge in [0.1, 0.15) is 0 Å². The van der Waals surface area contributed by atoms with Gasteiger partial charge in [-0.15, -0.1) is 0 Å². The lowest BCUT2D eigenvalue weighted by Gasteiger charge is -2.12. The molecule has 2 nitrogen and oxygen atoms in total. The first-order valence-electron chi connectivity index (χ1n) is 3.01. The molecule has 0 fully saturated rings. The third kappa shape index (κ3) is 2.99. The minimum Gasteiger partial charge on any atom is -0.393 e. The van der Waals surface area contributed by atoms with Gasteiger partial charge in [0.15, 0.2) is 0 Å². The smallest absolute Gasteiger partial charge is 0.0549 e. The normalized spacial score (nSPS) is 18.0. The van der Waals surface area contributed by atoms with E-state index in [0.29, 0.717) is 5.92 Å². The van der Waals surface area contributed by atoms with Gasteiger partial charge in [-0.3, -0.25) is 0 Å². The molecule has 0 saturated heterocycles. The van der Waals surface area contributed by atoms with Gasteiger partial charge in [0.2, 0.25) is 0 Å². The predicted molar refractivity (Wildman–Crippen MR) is 34.8 cm³/mol. The highest BCUT2D eigenvalue weighted by Crippen LogP contribution is 1.97. The molecule has 0 saturated carbocycles. The van der Waals surface area contributed by atoms with Crippen LogP contribution in [-0.2, 0) is 0 Å². The van der Waals surface area contributed by atoms with E-state index in [2.05, 4.69) is 5.32 Å². The zero-order valence-electron chi connectivity index (χ0n) is 5.81. The zero-order valence-corrected chi connectivity index (χ0v) is 5.81. The van der Waals surface area contributed by atoms with E-state index in [0.717, 1.165) is 6.54 Å². The van der Waals surface area contributed by atoms with Gasteiger partial charge in [-0.2, -0.15) is 0 Å². The van der Waals surface area contributed by atoms with Gasteiger partial charge < -0.3 is 10.4 Å². The lowest BCUT2D eigenvalue weighted by atomic mass is 10.1. The fourth-order valence-corrected chi connectivity index (χ4v) is 0.493. The molecule has 0 bridgehead atoms. The Morgan fingerprint density at radius 1 is 1.50 bits per heavy atom. The molecule has 0 aromatic heterocycles. The third-order valence-electron chi connectivity index (χ3n) is 1.35. The van der Waals surface area contributed by atoms with Gasteiger partial charge in [-0.1, -0.05) is 6.92 Å². The summed E-state index contributed by atoms with van der Waals surface area (Å²) in [6, 6.07) is 0. The first-order chi connectivity index (χ1) is 3.68. The van der Waals surface area contributed by atoms with Crippen molar-refractivity contribution in [1.82, 2.24) is 5.32 Å². The zero-order chi connectivity index (χ0) is 6.57. The molecule has 0 amide bonds. The van der Waals surface area contributed by atoms with E-state index >= 15 is 0 Å². The van der Waals surface area contributed by atoms with E-state index in [9.17, 15) is 0 Å². The minimum absolute atomic E-state index is 0.192. The largest absolute Gasteiger partial charge is 0.393 e. The minimum atomic E-state index is -0.192. The van der Waals surface area contributed by atoms with Crippen molar-refractivity contribution in [3.05, 3.63) is 0 Å². The highest BCUT2D eigenvalue weighted by Gasteiger charge is 2.05. The summed E-state index contributed by atoms with van der Waals surface area (Å²) in [5.41, 5.74) is 0. The van der Waals surface area contributed by atoms with Crippen LogP contribution >= 0.6 is 0 Å². The van der Waals surface area contributed by atoms with Gasteiger partial charge in [0.05, 0.1) is 6.10 Å². The Hall–Kier alpha value is -0.0800. The molecule has 0 rings (SSSR count). The topological polar surface area (TPSA) is 32.3 Å². The Morgan fingerprint density at radius 3 is 2.12 bits per heavy atom. The van der Waals surface area contributed by atoms with Crippen LogP contribution in [0.25, 0.3) is 0 Å². The van der Waals surface area contributed by atoms with Crippen LogP contribution in [0.15, 0.2) is 0 Å². The molecule has 1 unspecified atom stereocenters. The van der Waals surface area contributed by atoms with Crippen LogP contribution in [0.5, 0.6) is 0 Å². The van der Waals surface area contributed by atoms with Crippen molar-refractivity contribution in [2.75, 3.05) is 13.6 Å². The van der Waals surface area contributed by atoms with E-state index in [4.69, 9.17) is 5.11 Å². The van der Waals surface area contributed by atoms with E-state index in [-0.39, 0.29) is 6.10 Å². The van der Waals surface area contributed by atoms with Crippen LogP contribution in [0.4, 0.5) is 0 Å². The third-order valence-corrected chi connectivity index (χ3v) is 1.35. The van der Waals surface area contributed by atoms with Crippen LogP contribution in [-0.4, -0.2) is 24.8 Å². The lowest BCUT2D eigenvalue weighted by Crippen LogP contribution is -2.24. The van der Waals surface area contributed by atoms with E-state index in [1.807, 2.05) is 20.9 Å². The van der Waals surface area contributed by atoms with Crippen molar-refractivity contribution in [3.63, 3.8) is 0 Å². The maximum atomic E-state index is 8.91. The average molecular weight is 117 g/mol. The van der Waals surface area contributed by atoms with Crippen molar-refractivity contribution < 1.29 is 5.11 Å². The standard InChI is InChI=1S/C6H15NO/c1-5(4-7-3)6(2)8/h5-8H,4H2,1-3H3/t5?,6-/m0/s1. The molecule has 0 aliphatic heterocycles. The van der Waals surface area contributed by atoms with Gasteiger partial charge in [0, 0.05) is 0 Å². The molecule has 0 aromatic rings. The molecule has 0 radical (unpaired) electrons. The van der Waals surface area contributed by atoms with Crippen molar-refractivity contribution in [2.24, 2.45) is 5.92 Å². The Bertz CT molecular complexity index is 54.5. The quantitative estimate of drug-likeness (QED) is 0.554. The molecule has 8 heavy (non-hydrogen) atoms. The Labute approximate surface area is 50.9 Å². The second kappa shape index (κ2) is 3.87. The first-order valence-corrected chi connectivity index (χ1v) is 3.01. The van der Waals surface area contributed by atoms with Crippen LogP contribution in [0.3, 0.4) is 0 Å². The molecule has 0 aliphatic carbocycles. The van der Waals surface area contributed by atoms with Gasteiger partial charge >= 0.3 is 0 Å². The molecule has 0 heterocycles. The predicted octanol–water partition coefficient (Wildman–Crippen LogP) is 0.223. The maximum absolute atomic E-state index is 8.91. The van der Waals surface area contributed by atoms with Gasteiger partial charge in [-0.05, 0) is 26.4 Å². The summed E-state index contributed by atoms with van der Waals surface area (Å²) >= 11 is 0. The Kier molecular flexibility index (Phi) is 3.83. The second-order valence-corrected chi connectivity index (χ2v) is 2.28.